The van der Waals surface area contributed by atoms with Gasteiger partial charge in [0.1, 0.15) is 6.04 Å². The molecule has 0 saturated heterocycles. The van der Waals surface area contributed by atoms with Gasteiger partial charge in [-0.3, -0.25) is 13.9 Å². The van der Waals surface area contributed by atoms with Crippen molar-refractivity contribution in [1.29, 1.82) is 0 Å². The summed E-state index contributed by atoms with van der Waals surface area (Å²) < 4.78 is 26.2. The molecule has 0 unspecified atom stereocenters. The first-order chi connectivity index (χ1) is 15.9. The second kappa shape index (κ2) is 12.2. The van der Waals surface area contributed by atoms with Crippen LogP contribution in [0, 0.1) is 13.8 Å². The SMILES string of the molecule is CCNC(=O)[C@H](C)N(Cc1ccc(Cl)cc1)C(=O)CCCN(c1ccc(C)c(C)c1)S(C)(=O)=O. The van der Waals surface area contributed by atoms with Crippen LogP contribution in [0.3, 0.4) is 0 Å². The molecule has 7 nitrogen and oxygen atoms in total. The number of benzene rings is 2. The quantitative estimate of drug-likeness (QED) is 0.497. The molecule has 1 atom stereocenters. The fourth-order valence-electron chi connectivity index (χ4n) is 3.58. The lowest BCUT2D eigenvalue weighted by Crippen LogP contribution is -2.47. The second-order valence-corrected chi connectivity index (χ2v) is 10.8. The summed E-state index contributed by atoms with van der Waals surface area (Å²) in [4.78, 5) is 27.2. The van der Waals surface area contributed by atoms with Gasteiger partial charge in [-0.1, -0.05) is 29.8 Å². The van der Waals surface area contributed by atoms with Crippen LogP contribution < -0.4 is 9.62 Å². The first kappa shape index (κ1) is 27.7. The Bertz CT molecular complexity index is 1100. The Balaban J connectivity index is 2.16. The van der Waals surface area contributed by atoms with E-state index in [1.54, 1.807) is 25.1 Å². The predicted molar refractivity (Wildman–Crippen MR) is 137 cm³/mol. The Morgan fingerprint density at radius 3 is 2.26 bits per heavy atom. The molecule has 9 heteroatoms. The van der Waals surface area contributed by atoms with Gasteiger partial charge in [-0.2, -0.15) is 0 Å². The first-order valence-corrected chi connectivity index (χ1v) is 13.5. The molecule has 186 valence electrons. The zero-order valence-corrected chi connectivity index (χ0v) is 22.0. The minimum absolute atomic E-state index is 0.105. The number of carbonyl (C=O) groups excluding carboxylic acids is 2. The average Bonchev–Trinajstić information content (AvgIpc) is 2.77. The number of amides is 2. The zero-order valence-electron chi connectivity index (χ0n) is 20.5. The van der Waals surface area contributed by atoms with Gasteiger partial charge in [0, 0.05) is 31.1 Å². The van der Waals surface area contributed by atoms with Crippen molar-refractivity contribution in [3.8, 4) is 0 Å². The maximum absolute atomic E-state index is 13.2. The Labute approximate surface area is 208 Å². The van der Waals surface area contributed by atoms with Crippen LogP contribution in [0.5, 0.6) is 0 Å². The van der Waals surface area contributed by atoms with E-state index in [1.807, 2.05) is 45.0 Å². The Hall–Kier alpha value is -2.58. The van der Waals surface area contributed by atoms with E-state index in [0.717, 1.165) is 22.9 Å². The molecule has 0 radical (unpaired) electrons. The fourth-order valence-corrected chi connectivity index (χ4v) is 4.66. The molecular formula is C25H34ClN3O4S. The molecule has 2 amide bonds. The van der Waals surface area contributed by atoms with Gasteiger partial charge >= 0.3 is 0 Å². The smallest absolute Gasteiger partial charge is 0.242 e. The van der Waals surface area contributed by atoms with Gasteiger partial charge in [0.15, 0.2) is 0 Å². The van der Waals surface area contributed by atoms with Crippen LogP contribution in [0.1, 0.15) is 43.4 Å². The lowest BCUT2D eigenvalue weighted by molar-refractivity contribution is -0.140. The predicted octanol–water partition coefficient (Wildman–Crippen LogP) is 4.06. The maximum atomic E-state index is 13.2. The highest BCUT2D eigenvalue weighted by molar-refractivity contribution is 7.92. The molecule has 34 heavy (non-hydrogen) atoms. The van der Waals surface area contributed by atoms with Crippen LogP contribution in [0.2, 0.25) is 5.02 Å². The summed E-state index contributed by atoms with van der Waals surface area (Å²) >= 11 is 5.97. The lowest BCUT2D eigenvalue weighted by Gasteiger charge is -2.29. The molecule has 0 spiro atoms. The largest absolute Gasteiger partial charge is 0.355 e. The van der Waals surface area contributed by atoms with Crippen molar-refractivity contribution in [1.82, 2.24) is 10.2 Å². The van der Waals surface area contributed by atoms with Gasteiger partial charge in [-0.05, 0) is 75.1 Å². The molecule has 0 fully saturated rings. The number of hydrogen-bond donors (Lipinski definition) is 1. The molecule has 0 aliphatic rings. The molecule has 0 aliphatic heterocycles. The topological polar surface area (TPSA) is 86.8 Å². The third-order valence-corrected chi connectivity index (χ3v) is 7.16. The summed E-state index contributed by atoms with van der Waals surface area (Å²) in [5, 5.41) is 3.35. The van der Waals surface area contributed by atoms with Crippen molar-refractivity contribution in [2.75, 3.05) is 23.7 Å². The Morgan fingerprint density at radius 1 is 1.06 bits per heavy atom. The normalized spacial score (nSPS) is 12.2. The third kappa shape index (κ3) is 7.74. The number of rotatable bonds is 11. The van der Waals surface area contributed by atoms with Crippen LogP contribution in [0.25, 0.3) is 0 Å². The highest BCUT2D eigenvalue weighted by Gasteiger charge is 2.26. The van der Waals surface area contributed by atoms with Crippen molar-refractivity contribution in [3.63, 3.8) is 0 Å². The number of likely N-dealkylation sites (N-methyl/N-ethyl adjacent to an activating group) is 1. The standard InChI is InChI=1S/C25H34ClN3O4S/c1-6-27-25(31)20(4)28(17-21-10-12-22(26)13-11-21)24(30)8-7-15-29(34(5,32)33)23-14-9-18(2)19(3)16-23/h9-14,16,20H,6-8,15,17H2,1-5H3,(H,27,31)/t20-/m0/s1. The zero-order chi connectivity index (χ0) is 25.5. The molecule has 0 aliphatic carbocycles. The molecule has 2 aromatic rings. The van der Waals surface area contributed by atoms with E-state index in [-0.39, 0.29) is 31.3 Å². The fraction of sp³-hybridized carbons (Fsp3) is 0.440. The molecule has 0 aromatic heterocycles. The first-order valence-electron chi connectivity index (χ1n) is 11.3. The number of hydrogen-bond acceptors (Lipinski definition) is 4. The van der Waals surface area contributed by atoms with Gasteiger partial charge < -0.3 is 10.2 Å². The second-order valence-electron chi connectivity index (χ2n) is 8.43. The summed E-state index contributed by atoms with van der Waals surface area (Å²) in [7, 11) is -3.52. The van der Waals surface area contributed by atoms with E-state index < -0.39 is 16.1 Å². The van der Waals surface area contributed by atoms with Gasteiger partial charge in [-0.25, -0.2) is 8.42 Å². The van der Waals surface area contributed by atoms with Crippen LogP contribution in [0.4, 0.5) is 5.69 Å². The van der Waals surface area contributed by atoms with Gasteiger partial charge in [0.25, 0.3) is 0 Å². The molecular weight excluding hydrogens is 474 g/mol. The number of aryl methyl sites for hydroxylation is 2. The highest BCUT2D eigenvalue weighted by Crippen LogP contribution is 2.22. The minimum atomic E-state index is -3.52. The van der Waals surface area contributed by atoms with Crippen molar-refractivity contribution >= 4 is 39.1 Å². The third-order valence-electron chi connectivity index (χ3n) is 5.72. The summed E-state index contributed by atoms with van der Waals surface area (Å²) in [6, 6.07) is 11.9. The molecule has 2 rings (SSSR count). The van der Waals surface area contributed by atoms with Crippen LogP contribution in [0.15, 0.2) is 42.5 Å². The Kier molecular flexibility index (Phi) is 9.94. The van der Waals surface area contributed by atoms with E-state index in [9.17, 15) is 18.0 Å². The number of nitrogens with one attached hydrogen (secondary N) is 1. The maximum Gasteiger partial charge on any atom is 0.242 e. The molecule has 1 N–H and O–H groups in total. The van der Waals surface area contributed by atoms with E-state index in [2.05, 4.69) is 5.32 Å². The summed E-state index contributed by atoms with van der Waals surface area (Å²) in [6.45, 7) is 8.29. The number of anilines is 1. The molecule has 0 heterocycles. The van der Waals surface area contributed by atoms with Crippen molar-refractivity contribution in [2.45, 2.75) is 53.1 Å². The van der Waals surface area contributed by atoms with Crippen LogP contribution in [-0.4, -0.2) is 50.5 Å². The molecule has 0 bridgehead atoms. The van der Waals surface area contributed by atoms with E-state index in [0.29, 0.717) is 23.7 Å². The van der Waals surface area contributed by atoms with Crippen molar-refractivity contribution < 1.29 is 18.0 Å². The van der Waals surface area contributed by atoms with Crippen LogP contribution >= 0.6 is 11.6 Å². The van der Waals surface area contributed by atoms with Crippen molar-refractivity contribution in [2.24, 2.45) is 0 Å². The molecule has 0 saturated carbocycles. The van der Waals surface area contributed by atoms with Gasteiger partial charge in [0.05, 0.1) is 11.9 Å². The van der Waals surface area contributed by atoms with E-state index in [1.165, 1.54) is 9.21 Å². The monoisotopic (exact) mass is 507 g/mol. The van der Waals surface area contributed by atoms with Crippen LogP contribution in [-0.2, 0) is 26.2 Å². The number of halogens is 1. The summed E-state index contributed by atoms with van der Waals surface area (Å²) in [6.07, 6.45) is 1.58. The highest BCUT2D eigenvalue weighted by atomic mass is 35.5. The number of sulfonamides is 1. The summed E-state index contributed by atoms with van der Waals surface area (Å²) in [5.41, 5.74) is 3.49. The van der Waals surface area contributed by atoms with Crippen molar-refractivity contribution in [3.05, 3.63) is 64.2 Å². The average molecular weight is 508 g/mol. The summed E-state index contributed by atoms with van der Waals surface area (Å²) in [5.74, 6) is -0.458. The number of carbonyl (C=O) groups is 2. The Morgan fingerprint density at radius 2 is 1.71 bits per heavy atom. The van der Waals surface area contributed by atoms with E-state index in [4.69, 9.17) is 11.6 Å². The minimum Gasteiger partial charge on any atom is -0.355 e. The number of nitrogens with zero attached hydrogens (tertiary/aromatic N) is 2. The lowest BCUT2D eigenvalue weighted by atomic mass is 10.1. The molecule has 2 aromatic carbocycles. The van der Waals surface area contributed by atoms with E-state index >= 15 is 0 Å². The van der Waals surface area contributed by atoms with Gasteiger partial charge in [-0.15, -0.1) is 0 Å². The van der Waals surface area contributed by atoms with Gasteiger partial charge in [0.2, 0.25) is 21.8 Å².